The first-order valence-corrected chi connectivity index (χ1v) is 7.41. The molecule has 0 fully saturated rings. The maximum absolute atomic E-state index is 6.17. The molecule has 1 heteroatoms. The van der Waals surface area contributed by atoms with Gasteiger partial charge in [-0.25, -0.2) is 0 Å². The van der Waals surface area contributed by atoms with Crippen molar-refractivity contribution in [1.29, 1.82) is 0 Å². The average molecular weight is 278 g/mol. The van der Waals surface area contributed by atoms with Gasteiger partial charge in [-0.3, -0.25) is 0 Å². The number of ether oxygens (including phenoxy) is 1. The zero-order valence-corrected chi connectivity index (χ0v) is 12.8. The van der Waals surface area contributed by atoms with Crippen LogP contribution in [-0.2, 0) is 12.8 Å². The lowest BCUT2D eigenvalue weighted by molar-refractivity contribution is 0.473. The summed E-state index contributed by atoms with van der Waals surface area (Å²) in [6, 6.07) is 16.4. The molecule has 0 heterocycles. The fourth-order valence-electron chi connectivity index (χ4n) is 2.15. The topological polar surface area (TPSA) is 9.23 Å². The second-order valence-corrected chi connectivity index (χ2v) is 4.86. The predicted octanol–water partition coefficient (Wildman–Crippen LogP) is 5.72. The molecule has 1 nitrogen and oxygen atoms in total. The first kappa shape index (κ1) is 15.1. The zero-order valence-electron chi connectivity index (χ0n) is 12.8. The molecule has 0 spiro atoms. The third kappa shape index (κ3) is 4.35. The van der Waals surface area contributed by atoms with Gasteiger partial charge in [0.05, 0.1) is 0 Å². The van der Waals surface area contributed by atoms with Gasteiger partial charge in [-0.1, -0.05) is 60.7 Å². The van der Waals surface area contributed by atoms with Gasteiger partial charge in [0.25, 0.3) is 0 Å². The number of allylic oxidation sites excluding steroid dienone is 4. The maximum Gasteiger partial charge on any atom is 0.130 e. The maximum atomic E-state index is 6.17. The normalized spacial score (nSPS) is 11.3. The Bertz CT molecular complexity index is 568. The van der Waals surface area contributed by atoms with Gasteiger partial charge in [-0.05, 0) is 49.9 Å². The summed E-state index contributed by atoms with van der Waals surface area (Å²) in [6.45, 7) is 4.08. The van der Waals surface area contributed by atoms with Crippen molar-refractivity contribution < 1.29 is 4.74 Å². The number of para-hydroxylation sites is 2. The zero-order chi connectivity index (χ0) is 14.9. The Balaban J connectivity index is 2.26. The summed E-state index contributed by atoms with van der Waals surface area (Å²) < 4.78 is 6.17. The summed E-state index contributed by atoms with van der Waals surface area (Å²) in [4.78, 5) is 0. The molecule has 2 aromatic carbocycles. The van der Waals surface area contributed by atoms with Crippen LogP contribution in [0.5, 0.6) is 11.5 Å². The Labute approximate surface area is 127 Å². The lowest BCUT2D eigenvalue weighted by Gasteiger charge is -2.13. The Morgan fingerprint density at radius 3 is 1.57 bits per heavy atom. The molecule has 0 aromatic heterocycles. The van der Waals surface area contributed by atoms with E-state index in [1.165, 1.54) is 11.1 Å². The van der Waals surface area contributed by atoms with Crippen LogP contribution in [0.2, 0.25) is 0 Å². The summed E-state index contributed by atoms with van der Waals surface area (Å²) >= 11 is 0. The smallest absolute Gasteiger partial charge is 0.130 e. The molecule has 2 rings (SSSR count). The molecule has 0 saturated carbocycles. The summed E-state index contributed by atoms with van der Waals surface area (Å²) in [5, 5.41) is 0. The van der Waals surface area contributed by atoms with Crippen LogP contribution >= 0.6 is 0 Å². The van der Waals surface area contributed by atoms with Gasteiger partial charge >= 0.3 is 0 Å². The number of hydrogen-bond donors (Lipinski definition) is 0. The van der Waals surface area contributed by atoms with Gasteiger partial charge in [-0.15, -0.1) is 0 Å². The highest BCUT2D eigenvalue weighted by molar-refractivity contribution is 5.42. The molecular formula is C20H22O. The molecular weight excluding hydrogens is 256 g/mol. The Morgan fingerprint density at radius 2 is 1.14 bits per heavy atom. The van der Waals surface area contributed by atoms with Gasteiger partial charge in [0.2, 0.25) is 0 Å². The number of hydrogen-bond acceptors (Lipinski definition) is 1. The second-order valence-electron chi connectivity index (χ2n) is 4.86. The van der Waals surface area contributed by atoms with Crippen molar-refractivity contribution in [3.63, 3.8) is 0 Å². The minimum Gasteiger partial charge on any atom is -0.457 e. The van der Waals surface area contributed by atoms with Crippen LogP contribution in [-0.4, -0.2) is 0 Å². The van der Waals surface area contributed by atoms with Crippen LogP contribution in [0.15, 0.2) is 72.8 Å². The molecule has 0 amide bonds. The highest BCUT2D eigenvalue weighted by Gasteiger charge is 2.06. The monoisotopic (exact) mass is 278 g/mol. The summed E-state index contributed by atoms with van der Waals surface area (Å²) in [7, 11) is 0. The molecule has 0 atom stereocenters. The van der Waals surface area contributed by atoms with Crippen LogP contribution in [0, 0.1) is 0 Å². The van der Waals surface area contributed by atoms with Crippen LogP contribution in [0.4, 0.5) is 0 Å². The van der Waals surface area contributed by atoms with Gasteiger partial charge < -0.3 is 4.74 Å². The van der Waals surface area contributed by atoms with E-state index >= 15 is 0 Å². The molecule has 0 aliphatic heterocycles. The van der Waals surface area contributed by atoms with E-state index in [1.54, 1.807) is 0 Å². The highest BCUT2D eigenvalue weighted by atomic mass is 16.5. The standard InChI is InChI=1S/C20H22O/c1-3-5-11-17-13-7-9-15-19(17)21-20-16-10-8-14-18(20)12-6-4-2/h3-10,13-16H,11-12H2,1-2H3. The molecule has 0 radical (unpaired) electrons. The molecule has 0 bridgehead atoms. The van der Waals surface area contributed by atoms with Gasteiger partial charge in [0, 0.05) is 0 Å². The summed E-state index contributed by atoms with van der Waals surface area (Å²) in [5.41, 5.74) is 2.41. The van der Waals surface area contributed by atoms with Gasteiger partial charge in [-0.2, -0.15) is 0 Å². The van der Waals surface area contributed by atoms with Gasteiger partial charge in [0.15, 0.2) is 0 Å². The van der Waals surface area contributed by atoms with E-state index in [9.17, 15) is 0 Å². The van der Waals surface area contributed by atoms with E-state index in [2.05, 4.69) is 48.6 Å². The van der Waals surface area contributed by atoms with Crippen LogP contribution in [0.25, 0.3) is 0 Å². The SMILES string of the molecule is CC=CCc1ccccc1Oc1ccccc1CC=CC. The summed E-state index contributed by atoms with van der Waals surface area (Å²) in [6.07, 6.45) is 10.2. The van der Waals surface area contributed by atoms with E-state index in [1.807, 2.05) is 38.1 Å². The Hall–Kier alpha value is -2.28. The molecule has 2 aromatic rings. The largest absolute Gasteiger partial charge is 0.457 e. The van der Waals surface area contributed by atoms with Crippen molar-refractivity contribution >= 4 is 0 Å². The fourth-order valence-corrected chi connectivity index (χ4v) is 2.15. The molecule has 0 N–H and O–H groups in total. The molecule has 0 saturated heterocycles. The molecule has 108 valence electrons. The predicted molar refractivity (Wildman–Crippen MR) is 90.0 cm³/mol. The van der Waals surface area contributed by atoms with Crippen molar-refractivity contribution in [1.82, 2.24) is 0 Å². The molecule has 0 aliphatic carbocycles. The van der Waals surface area contributed by atoms with Crippen molar-refractivity contribution in [2.75, 3.05) is 0 Å². The third-order valence-electron chi connectivity index (χ3n) is 3.31. The van der Waals surface area contributed by atoms with Crippen LogP contribution in [0.1, 0.15) is 25.0 Å². The van der Waals surface area contributed by atoms with Crippen LogP contribution < -0.4 is 4.74 Å². The van der Waals surface area contributed by atoms with Crippen molar-refractivity contribution in [2.24, 2.45) is 0 Å². The average Bonchev–Trinajstić information content (AvgIpc) is 2.53. The van der Waals surface area contributed by atoms with Crippen molar-refractivity contribution in [2.45, 2.75) is 26.7 Å². The number of rotatable bonds is 6. The molecule has 21 heavy (non-hydrogen) atoms. The van der Waals surface area contributed by atoms with E-state index < -0.39 is 0 Å². The van der Waals surface area contributed by atoms with Crippen molar-refractivity contribution in [3.05, 3.63) is 84.0 Å². The lowest BCUT2D eigenvalue weighted by Crippen LogP contribution is -1.94. The minimum absolute atomic E-state index is 0.893. The van der Waals surface area contributed by atoms with E-state index in [-0.39, 0.29) is 0 Å². The first-order chi connectivity index (χ1) is 10.3. The van der Waals surface area contributed by atoms with Crippen molar-refractivity contribution in [3.8, 4) is 11.5 Å². The minimum atomic E-state index is 0.893. The van der Waals surface area contributed by atoms with Gasteiger partial charge in [0.1, 0.15) is 11.5 Å². The van der Waals surface area contributed by atoms with Crippen LogP contribution in [0.3, 0.4) is 0 Å². The number of benzene rings is 2. The van der Waals surface area contributed by atoms with E-state index in [0.29, 0.717) is 0 Å². The third-order valence-corrected chi connectivity index (χ3v) is 3.31. The fraction of sp³-hybridized carbons (Fsp3) is 0.200. The second kappa shape index (κ2) is 8.11. The quantitative estimate of drug-likeness (QED) is 0.614. The molecule has 0 aliphatic rings. The van der Waals surface area contributed by atoms with E-state index in [0.717, 1.165) is 24.3 Å². The summed E-state index contributed by atoms with van der Waals surface area (Å²) in [5.74, 6) is 1.87. The van der Waals surface area contributed by atoms with E-state index in [4.69, 9.17) is 4.74 Å². The first-order valence-electron chi connectivity index (χ1n) is 7.41. The Morgan fingerprint density at radius 1 is 0.714 bits per heavy atom. The molecule has 0 unspecified atom stereocenters. The highest BCUT2D eigenvalue weighted by Crippen LogP contribution is 2.29. The lowest BCUT2D eigenvalue weighted by atomic mass is 10.1. The Kier molecular flexibility index (Phi) is 5.83.